The second-order valence-corrected chi connectivity index (χ2v) is 9.88. The molecule has 2 heterocycles. The van der Waals surface area contributed by atoms with Crippen molar-refractivity contribution in [1.29, 1.82) is 0 Å². The minimum absolute atomic E-state index is 0.0838. The lowest BCUT2D eigenvalue weighted by atomic mass is 9.91. The number of nitrogens with one attached hydrogen (secondary N) is 2. The number of hydrogen-bond donors (Lipinski definition) is 2. The zero-order valence-electron chi connectivity index (χ0n) is 20.1. The van der Waals surface area contributed by atoms with Crippen LogP contribution < -0.4 is 15.5 Å². The van der Waals surface area contributed by atoms with Crippen LogP contribution in [-0.4, -0.2) is 60.0 Å². The smallest absolute Gasteiger partial charge is 0.407 e. The van der Waals surface area contributed by atoms with Crippen molar-refractivity contribution in [2.24, 2.45) is 0 Å². The first kappa shape index (κ1) is 24.2. The number of alkyl carbamates (subject to hydrolysis) is 1. The van der Waals surface area contributed by atoms with Crippen LogP contribution in [-0.2, 0) is 9.47 Å². The third kappa shape index (κ3) is 6.56. The van der Waals surface area contributed by atoms with Crippen molar-refractivity contribution in [2.45, 2.75) is 64.1 Å². The number of carbonyl (C=O) groups is 1. The summed E-state index contributed by atoms with van der Waals surface area (Å²) >= 11 is 0. The minimum atomic E-state index is -0.512. The summed E-state index contributed by atoms with van der Waals surface area (Å²) in [6, 6.07) is 8.03. The van der Waals surface area contributed by atoms with E-state index in [2.05, 4.69) is 25.5 Å². The third-order valence-corrected chi connectivity index (χ3v) is 6.02. The van der Waals surface area contributed by atoms with Crippen molar-refractivity contribution in [3.63, 3.8) is 0 Å². The Labute approximate surface area is 200 Å². The van der Waals surface area contributed by atoms with E-state index in [0.717, 1.165) is 50.0 Å². The topological polar surface area (TPSA) is 88.6 Å². The van der Waals surface area contributed by atoms with Gasteiger partial charge in [-0.3, -0.25) is 0 Å². The maximum absolute atomic E-state index is 14.7. The number of halogens is 1. The van der Waals surface area contributed by atoms with Gasteiger partial charge in [0, 0.05) is 36.4 Å². The molecule has 4 rings (SSSR count). The van der Waals surface area contributed by atoms with Crippen molar-refractivity contribution >= 4 is 17.7 Å². The second kappa shape index (κ2) is 10.5. The Morgan fingerprint density at radius 3 is 2.56 bits per heavy atom. The van der Waals surface area contributed by atoms with Crippen LogP contribution in [0.4, 0.5) is 20.8 Å². The number of benzene rings is 1. The van der Waals surface area contributed by atoms with E-state index in [0.29, 0.717) is 19.2 Å². The normalized spacial score (nSPS) is 21.1. The number of aromatic nitrogens is 2. The Morgan fingerprint density at radius 1 is 1.15 bits per heavy atom. The molecule has 0 atom stereocenters. The van der Waals surface area contributed by atoms with E-state index >= 15 is 0 Å². The first-order valence-electron chi connectivity index (χ1n) is 12.0. The molecule has 2 fully saturated rings. The predicted molar refractivity (Wildman–Crippen MR) is 129 cm³/mol. The van der Waals surface area contributed by atoms with Crippen LogP contribution in [0.5, 0.6) is 0 Å². The molecule has 2 aliphatic rings. The van der Waals surface area contributed by atoms with Crippen LogP contribution in [0, 0.1) is 5.82 Å². The van der Waals surface area contributed by atoms with Gasteiger partial charge in [0.25, 0.3) is 0 Å². The molecule has 0 spiro atoms. The van der Waals surface area contributed by atoms with Crippen LogP contribution in [0.1, 0.15) is 46.5 Å². The maximum Gasteiger partial charge on any atom is 0.407 e. The number of morpholine rings is 1. The average molecular weight is 472 g/mol. The highest BCUT2D eigenvalue weighted by atomic mass is 19.1. The van der Waals surface area contributed by atoms with Gasteiger partial charge in [-0.05, 0) is 58.6 Å². The van der Waals surface area contributed by atoms with Crippen molar-refractivity contribution in [1.82, 2.24) is 15.3 Å². The molecule has 0 radical (unpaired) electrons. The zero-order chi connectivity index (χ0) is 24.1. The third-order valence-electron chi connectivity index (χ3n) is 6.02. The number of ether oxygens (including phenoxy) is 2. The van der Waals surface area contributed by atoms with E-state index in [4.69, 9.17) is 9.47 Å². The first-order valence-corrected chi connectivity index (χ1v) is 12.0. The summed E-state index contributed by atoms with van der Waals surface area (Å²) in [4.78, 5) is 22.9. The SMILES string of the molecule is CC(C)(C)OC(=O)NC1CCC(Nc2ncc(F)c(-c3cccc(N4CCOCC4)c3)n2)CC1. The summed E-state index contributed by atoms with van der Waals surface area (Å²) in [7, 11) is 0. The van der Waals surface area contributed by atoms with Gasteiger partial charge in [0.15, 0.2) is 5.82 Å². The average Bonchev–Trinajstić information content (AvgIpc) is 2.81. The fourth-order valence-electron chi connectivity index (χ4n) is 4.35. The number of rotatable bonds is 5. The van der Waals surface area contributed by atoms with Gasteiger partial charge in [0.05, 0.1) is 19.4 Å². The summed E-state index contributed by atoms with van der Waals surface area (Å²) in [5, 5.41) is 6.30. The van der Waals surface area contributed by atoms with Gasteiger partial charge in [-0.1, -0.05) is 12.1 Å². The summed E-state index contributed by atoms with van der Waals surface area (Å²) < 4.78 is 25.4. The van der Waals surface area contributed by atoms with Crippen LogP contribution in [0.3, 0.4) is 0 Å². The Balaban J connectivity index is 1.37. The van der Waals surface area contributed by atoms with Crippen molar-refractivity contribution in [3.05, 3.63) is 36.3 Å². The van der Waals surface area contributed by atoms with E-state index in [1.807, 2.05) is 45.0 Å². The molecule has 0 unspecified atom stereocenters. The van der Waals surface area contributed by atoms with Crippen LogP contribution >= 0.6 is 0 Å². The van der Waals surface area contributed by atoms with Crippen LogP contribution in [0.15, 0.2) is 30.5 Å². The lowest BCUT2D eigenvalue weighted by Crippen LogP contribution is -2.42. The van der Waals surface area contributed by atoms with Gasteiger partial charge in [-0.25, -0.2) is 19.2 Å². The van der Waals surface area contributed by atoms with E-state index in [9.17, 15) is 9.18 Å². The number of nitrogens with zero attached hydrogens (tertiary/aromatic N) is 3. The highest BCUT2D eigenvalue weighted by molar-refractivity contribution is 5.68. The molecular formula is C25H34FN5O3. The van der Waals surface area contributed by atoms with Crippen molar-refractivity contribution < 1.29 is 18.7 Å². The summed E-state index contributed by atoms with van der Waals surface area (Å²) in [6.07, 6.45) is 4.20. The molecule has 9 heteroatoms. The van der Waals surface area contributed by atoms with E-state index in [-0.39, 0.29) is 23.9 Å². The standard InChI is InChI=1S/C25H34FN5O3/c1-25(2,3)34-24(32)29-19-9-7-18(8-10-19)28-23-27-16-21(26)22(30-23)17-5-4-6-20(15-17)31-11-13-33-14-12-31/h4-6,15-16,18-19H,7-14H2,1-3H3,(H,29,32)(H,27,28,30). The Bertz CT molecular complexity index is 983. The summed E-state index contributed by atoms with van der Waals surface area (Å²) in [6.45, 7) is 8.56. The van der Waals surface area contributed by atoms with Gasteiger partial charge in [-0.15, -0.1) is 0 Å². The molecule has 8 nitrogen and oxygen atoms in total. The van der Waals surface area contributed by atoms with Gasteiger partial charge in [0.2, 0.25) is 5.95 Å². The molecule has 1 saturated carbocycles. The Hall–Kier alpha value is -2.94. The maximum atomic E-state index is 14.7. The van der Waals surface area contributed by atoms with Crippen LogP contribution in [0.2, 0.25) is 0 Å². The lowest BCUT2D eigenvalue weighted by Gasteiger charge is -2.30. The highest BCUT2D eigenvalue weighted by Gasteiger charge is 2.25. The molecule has 0 bridgehead atoms. The van der Waals surface area contributed by atoms with Gasteiger partial charge >= 0.3 is 6.09 Å². The quantitative estimate of drug-likeness (QED) is 0.670. The van der Waals surface area contributed by atoms with Crippen molar-refractivity contribution in [2.75, 3.05) is 36.5 Å². The second-order valence-electron chi connectivity index (χ2n) is 9.88. The molecular weight excluding hydrogens is 437 g/mol. The van der Waals surface area contributed by atoms with Gasteiger partial charge in [-0.2, -0.15) is 0 Å². The first-order chi connectivity index (χ1) is 16.3. The summed E-state index contributed by atoms with van der Waals surface area (Å²) in [5.74, 6) is -0.0355. The predicted octanol–water partition coefficient (Wildman–Crippen LogP) is 4.37. The Morgan fingerprint density at radius 2 is 1.85 bits per heavy atom. The van der Waals surface area contributed by atoms with E-state index < -0.39 is 11.4 Å². The fourth-order valence-corrected chi connectivity index (χ4v) is 4.35. The number of anilines is 2. The monoisotopic (exact) mass is 471 g/mol. The minimum Gasteiger partial charge on any atom is -0.444 e. The molecule has 184 valence electrons. The molecule has 34 heavy (non-hydrogen) atoms. The molecule has 1 aliphatic heterocycles. The highest BCUT2D eigenvalue weighted by Crippen LogP contribution is 2.27. The molecule has 1 saturated heterocycles. The summed E-state index contributed by atoms with van der Waals surface area (Å²) in [5.41, 5.74) is 1.52. The molecule has 1 aromatic heterocycles. The van der Waals surface area contributed by atoms with Gasteiger partial charge < -0.3 is 25.0 Å². The van der Waals surface area contributed by atoms with E-state index in [1.54, 1.807) is 0 Å². The lowest BCUT2D eigenvalue weighted by molar-refractivity contribution is 0.0492. The molecule has 2 aromatic rings. The molecule has 1 amide bonds. The number of carbonyl (C=O) groups excluding carboxylic acids is 1. The zero-order valence-corrected chi connectivity index (χ0v) is 20.1. The van der Waals surface area contributed by atoms with Crippen molar-refractivity contribution in [3.8, 4) is 11.3 Å². The fraction of sp³-hybridized carbons (Fsp3) is 0.560. The molecule has 2 N–H and O–H groups in total. The van der Waals surface area contributed by atoms with E-state index in [1.165, 1.54) is 6.20 Å². The largest absolute Gasteiger partial charge is 0.444 e. The number of amides is 1. The van der Waals surface area contributed by atoms with Gasteiger partial charge in [0.1, 0.15) is 11.3 Å². The van der Waals surface area contributed by atoms with Crippen LogP contribution in [0.25, 0.3) is 11.3 Å². The number of hydrogen-bond acceptors (Lipinski definition) is 7. The molecule has 1 aromatic carbocycles. The Kier molecular flexibility index (Phi) is 7.50. The molecule has 1 aliphatic carbocycles.